The van der Waals surface area contributed by atoms with Gasteiger partial charge in [-0.05, 0) is 44.2 Å². The molecule has 3 fully saturated rings. The standard InChI is InChI=1S/C19H26O5S/c20-25(21,16-8-2-1-3-9-16)17-10-13-18(11-4-6-14-22-18)24-19(17)12-5-7-15-23-19/h1-3,8-9,17H,4-7,10-15H2/t17-,18-,19-/m0/s1. The van der Waals surface area contributed by atoms with E-state index in [0.29, 0.717) is 37.4 Å². The van der Waals surface area contributed by atoms with Crippen LogP contribution in [0.1, 0.15) is 51.4 Å². The first-order chi connectivity index (χ1) is 12.1. The SMILES string of the molecule is O=S(=O)(c1ccccc1)[C@H]1CC[C@]2(CCCCO2)O[C@@]12CCCCO2. The number of ether oxygens (including phenoxy) is 3. The Kier molecular flexibility index (Phi) is 4.65. The first-order valence-corrected chi connectivity index (χ1v) is 10.9. The minimum absolute atomic E-state index is 0.345. The van der Waals surface area contributed by atoms with Crippen molar-refractivity contribution in [2.45, 2.75) is 73.1 Å². The summed E-state index contributed by atoms with van der Waals surface area (Å²) in [5.74, 6) is -1.75. The fourth-order valence-electron chi connectivity index (χ4n) is 4.40. The van der Waals surface area contributed by atoms with Gasteiger partial charge in [0.2, 0.25) is 0 Å². The molecule has 3 aliphatic rings. The second kappa shape index (κ2) is 6.65. The number of hydrogen-bond donors (Lipinski definition) is 0. The first-order valence-electron chi connectivity index (χ1n) is 9.34. The van der Waals surface area contributed by atoms with E-state index >= 15 is 0 Å². The molecule has 6 heteroatoms. The first kappa shape index (κ1) is 17.5. The van der Waals surface area contributed by atoms with E-state index < -0.39 is 26.7 Å². The molecule has 0 aliphatic carbocycles. The van der Waals surface area contributed by atoms with E-state index in [-0.39, 0.29) is 0 Å². The summed E-state index contributed by atoms with van der Waals surface area (Å²) in [5.41, 5.74) is 0. The summed E-state index contributed by atoms with van der Waals surface area (Å²) in [7, 11) is -3.53. The van der Waals surface area contributed by atoms with Crippen LogP contribution >= 0.6 is 0 Å². The van der Waals surface area contributed by atoms with E-state index in [1.165, 1.54) is 0 Å². The molecule has 0 aromatic heterocycles. The molecule has 0 radical (unpaired) electrons. The number of sulfone groups is 1. The van der Waals surface area contributed by atoms with E-state index in [4.69, 9.17) is 14.2 Å². The third kappa shape index (κ3) is 3.14. The largest absolute Gasteiger partial charge is 0.350 e. The Bertz CT molecular complexity index is 688. The molecule has 0 bridgehead atoms. The molecule has 0 saturated carbocycles. The van der Waals surface area contributed by atoms with E-state index in [2.05, 4.69) is 0 Å². The molecule has 3 heterocycles. The number of benzene rings is 1. The van der Waals surface area contributed by atoms with Crippen LogP contribution in [-0.2, 0) is 24.0 Å². The Morgan fingerprint density at radius 2 is 1.60 bits per heavy atom. The van der Waals surface area contributed by atoms with Gasteiger partial charge in [-0.25, -0.2) is 8.42 Å². The molecule has 1 aromatic carbocycles. The quantitative estimate of drug-likeness (QED) is 0.802. The van der Waals surface area contributed by atoms with E-state index in [0.717, 1.165) is 32.1 Å². The molecule has 2 spiro atoms. The van der Waals surface area contributed by atoms with Gasteiger partial charge < -0.3 is 14.2 Å². The van der Waals surface area contributed by atoms with Crippen LogP contribution in [0.5, 0.6) is 0 Å². The zero-order chi connectivity index (χ0) is 17.4. The van der Waals surface area contributed by atoms with Gasteiger partial charge in [0.05, 0.1) is 18.1 Å². The molecule has 0 amide bonds. The lowest BCUT2D eigenvalue weighted by molar-refractivity contribution is -0.394. The van der Waals surface area contributed by atoms with E-state index in [9.17, 15) is 8.42 Å². The normalized spacial score (nSPS) is 36.6. The Balaban J connectivity index is 1.69. The Hall–Kier alpha value is -0.950. The summed E-state index contributed by atoms with van der Waals surface area (Å²) in [5, 5.41) is -0.682. The minimum Gasteiger partial charge on any atom is -0.350 e. The smallest absolute Gasteiger partial charge is 0.188 e. The van der Waals surface area contributed by atoms with Crippen LogP contribution in [0, 0.1) is 0 Å². The highest BCUT2D eigenvalue weighted by Gasteiger charge is 2.58. The van der Waals surface area contributed by atoms with Gasteiger partial charge in [-0.15, -0.1) is 0 Å². The van der Waals surface area contributed by atoms with Crippen LogP contribution in [0.25, 0.3) is 0 Å². The molecule has 3 aliphatic heterocycles. The molecule has 3 atom stereocenters. The summed E-state index contributed by atoms with van der Waals surface area (Å²) in [6.07, 6.45) is 6.47. The molecule has 138 valence electrons. The molecule has 3 saturated heterocycles. The Morgan fingerprint density at radius 1 is 0.880 bits per heavy atom. The summed E-state index contributed by atoms with van der Waals surface area (Å²) in [6.45, 7) is 1.21. The third-order valence-electron chi connectivity index (χ3n) is 5.67. The fourth-order valence-corrected chi connectivity index (χ4v) is 6.40. The van der Waals surface area contributed by atoms with Crippen LogP contribution in [0.2, 0.25) is 0 Å². The van der Waals surface area contributed by atoms with Gasteiger partial charge in [0.25, 0.3) is 0 Å². The van der Waals surface area contributed by atoms with E-state index in [1.54, 1.807) is 24.3 Å². The van der Waals surface area contributed by atoms with Crippen molar-refractivity contribution in [3.05, 3.63) is 30.3 Å². The third-order valence-corrected chi connectivity index (χ3v) is 7.94. The molecule has 0 N–H and O–H groups in total. The molecule has 4 rings (SSSR count). The second-order valence-electron chi connectivity index (χ2n) is 7.32. The maximum absolute atomic E-state index is 13.3. The second-order valence-corrected chi connectivity index (χ2v) is 9.45. The van der Waals surface area contributed by atoms with Gasteiger partial charge in [-0.1, -0.05) is 18.2 Å². The van der Waals surface area contributed by atoms with Crippen molar-refractivity contribution in [1.29, 1.82) is 0 Å². The lowest BCUT2D eigenvalue weighted by Crippen LogP contribution is -2.62. The number of rotatable bonds is 2. The lowest BCUT2D eigenvalue weighted by Gasteiger charge is -2.53. The highest BCUT2D eigenvalue weighted by atomic mass is 32.2. The van der Waals surface area contributed by atoms with Gasteiger partial charge in [-0.2, -0.15) is 0 Å². The van der Waals surface area contributed by atoms with Crippen LogP contribution in [0.4, 0.5) is 0 Å². The maximum atomic E-state index is 13.3. The van der Waals surface area contributed by atoms with E-state index in [1.807, 2.05) is 6.07 Å². The van der Waals surface area contributed by atoms with Gasteiger partial charge >= 0.3 is 0 Å². The van der Waals surface area contributed by atoms with Crippen LogP contribution in [-0.4, -0.2) is 38.5 Å². The van der Waals surface area contributed by atoms with Crippen molar-refractivity contribution in [1.82, 2.24) is 0 Å². The maximum Gasteiger partial charge on any atom is 0.188 e. The predicted molar refractivity (Wildman–Crippen MR) is 92.8 cm³/mol. The summed E-state index contributed by atoms with van der Waals surface area (Å²) < 4.78 is 45.2. The molecule has 1 aromatic rings. The van der Waals surface area contributed by atoms with Crippen molar-refractivity contribution in [3.63, 3.8) is 0 Å². The average molecular weight is 366 g/mol. The number of hydrogen-bond acceptors (Lipinski definition) is 5. The van der Waals surface area contributed by atoms with Crippen molar-refractivity contribution in [3.8, 4) is 0 Å². The Morgan fingerprint density at radius 3 is 2.24 bits per heavy atom. The summed E-state index contributed by atoms with van der Waals surface area (Å²) >= 11 is 0. The molecule has 0 unspecified atom stereocenters. The highest BCUT2D eigenvalue weighted by Crippen LogP contribution is 2.48. The van der Waals surface area contributed by atoms with Crippen molar-refractivity contribution in [2.75, 3.05) is 13.2 Å². The minimum atomic E-state index is -3.53. The summed E-state index contributed by atoms with van der Waals surface area (Å²) in [4.78, 5) is 0.345. The van der Waals surface area contributed by atoms with Gasteiger partial charge in [0.1, 0.15) is 5.25 Å². The Labute approximate surface area is 149 Å². The molecule has 5 nitrogen and oxygen atoms in total. The molecular formula is C19H26O5S. The van der Waals surface area contributed by atoms with Crippen LogP contribution < -0.4 is 0 Å². The van der Waals surface area contributed by atoms with Crippen molar-refractivity contribution in [2.24, 2.45) is 0 Å². The zero-order valence-corrected chi connectivity index (χ0v) is 15.3. The van der Waals surface area contributed by atoms with Gasteiger partial charge in [-0.3, -0.25) is 0 Å². The van der Waals surface area contributed by atoms with Crippen LogP contribution in [0.3, 0.4) is 0 Å². The fraction of sp³-hybridized carbons (Fsp3) is 0.684. The monoisotopic (exact) mass is 366 g/mol. The van der Waals surface area contributed by atoms with Crippen molar-refractivity contribution >= 4 is 9.84 Å². The average Bonchev–Trinajstić information content (AvgIpc) is 2.63. The van der Waals surface area contributed by atoms with Crippen molar-refractivity contribution < 1.29 is 22.6 Å². The van der Waals surface area contributed by atoms with Gasteiger partial charge in [0, 0.05) is 19.3 Å². The zero-order valence-electron chi connectivity index (χ0n) is 14.5. The van der Waals surface area contributed by atoms with Crippen LogP contribution in [0.15, 0.2) is 35.2 Å². The summed E-state index contributed by atoms with van der Waals surface area (Å²) in [6, 6.07) is 8.67. The lowest BCUT2D eigenvalue weighted by atomic mass is 9.89. The topological polar surface area (TPSA) is 61.8 Å². The highest BCUT2D eigenvalue weighted by molar-refractivity contribution is 7.92. The van der Waals surface area contributed by atoms with Gasteiger partial charge in [0.15, 0.2) is 21.4 Å². The molecule has 25 heavy (non-hydrogen) atoms. The molecular weight excluding hydrogens is 340 g/mol. The predicted octanol–water partition coefficient (Wildman–Crippen LogP) is 3.43.